The van der Waals surface area contributed by atoms with Gasteiger partial charge in [-0.3, -0.25) is 19.3 Å². The number of alkyl halides is 3. The third kappa shape index (κ3) is 9.52. The van der Waals surface area contributed by atoms with Crippen molar-refractivity contribution >= 4 is 17.7 Å². The Balaban J connectivity index is 1.21. The number of piperidine rings is 1. The van der Waals surface area contributed by atoms with Crippen molar-refractivity contribution in [3.63, 3.8) is 0 Å². The third-order valence-corrected chi connectivity index (χ3v) is 9.30. The second kappa shape index (κ2) is 16.1. The Morgan fingerprint density at radius 2 is 1.69 bits per heavy atom. The molecule has 5 heterocycles. The molecular formula is C36H39F4N5O6. The zero-order valence-electron chi connectivity index (χ0n) is 27.8. The largest absolute Gasteiger partial charge is 0.573 e. The van der Waals surface area contributed by atoms with Crippen molar-refractivity contribution < 1.29 is 46.2 Å². The Bertz CT molecular complexity index is 1680. The monoisotopic (exact) mass is 713 g/mol. The summed E-state index contributed by atoms with van der Waals surface area (Å²) in [7, 11) is 0. The number of halogens is 4. The number of likely N-dealkylation sites (tertiary alicyclic amines) is 1. The van der Waals surface area contributed by atoms with Crippen LogP contribution in [0.4, 0.5) is 17.6 Å². The summed E-state index contributed by atoms with van der Waals surface area (Å²) in [4.78, 5) is 50.5. The lowest BCUT2D eigenvalue weighted by Gasteiger charge is -2.37. The van der Waals surface area contributed by atoms with E-state index in [0.29, 0.717) is 51.0 Å². The standard InChI is InChI=1S/C36H39F4N5O6/c37-29-5-2-1-4-28(29)34(47)44-16-17-49-18-19-50-32-7-3-6-30(42-32)33(46)41-26-20-31(35(48)43-14-12-25(21-44)13-15-43)45(23-26)22-24-8-10-27(11-9-24)51-36(38,39)40/h1-11,25-26,31H,12-23H2,(H,41,46)/t26-,31+/m1/s1. The zero-order valence-corrected chi connectivity index (χ0v) is 27.8. The summed E-state index contributed by atoms with van der Waals surface area (Å²) < 4.78 is 68.2. The molecule has 2 aromatic carbocycles. The Kier molecular flexibility index (Phi) is 11.4. The fourth-order valence-corrected chi connectivity index (χ4v) is 6.77. The van der Waals surface area contributed by atoms with E-state index in [0.717, 1.165) is 0 Å². The van der Waals surface area contributed by atoms with Crippen LogP contribution in [-0.4, -0.2) is 108 Å². The summed E-state index contributed by atoms with van der Waals surface area (Å²) in [5, 5.41) is 2.99. The summed E-state index contributed by atoms with van der Waals surface area (Å²) in [6, 6.07) is 15.1. The molecule has 2 fully saturated rings. The number of hydrogen-bond donors (Lipinski definition) is 1. The van der Waals surface area contributed by atoms with Crippen LogP contribution in [0.15, 0.2) is 66.7 Å². The van der Waals surface area contributed by atoms with Crippen molar-refractivity contribution in [1.82, 2.24) is 25.0 Å². The second-order valence-corrected chi connectivity index (χ2v) is 12.9. The molecule has 7 rings (SSSR count). The quantitative estimate of drug-likeness (QED) is 0.315. The molecule has 2 saturated heterocycles. The van der Waals surface area contributed by atoms with E-state index in [2.05, 4.69) is 15.0 Å². The van der Waals surface area contributed by atoms with Crippen LogP contribution in [0.1, 0.15) is 45.7 Å². The van der Waals surface area contributed by atoms with Crippen molar-refractivity contribution in [2.75, 3.05) is 52.5 Å². The van der Waals surface area contributed by atoms with Gasteiger partial charge in [0.15, 0.2) is 0 Å². The van der Waals surface area contributed by atoms with Crippen molar-refractivity contribution in [3.8, 4) is 11.6 Å². The summed E-state index contributed by atoms with van der Waals surface area (Å²) in [5.74, 6) is -1.66. The van der Waals surface area contributed by atoms with Gasteiger partial charge < -0.3 is 29.3 Å². The number of rotatable bonds is 4. The number of hydrogen-bond acceptors (Lipinski definition) is 8. The summed E-state index contributed by atoms with van der Waals surface area (Å²) in [6.45, 7) is 2.57. The lowest BCUT2D eigenvalue weighted by molar-refractivity contribution is -0.274. The SMILES string of the molecule is O=C1N[C@@H]2C[C@@H](C(=O)N3CCC(CC3)CN(C(=O)c3ccccc3F)CCOCCOc3cccc1n3)N(Cc1ccc(OC(F)(F)F)cc1)C2. The molecule has 3 aromatic rings. The molecule has 6 bridgehead atoms. The van der Waals surface area contributed by atoms with Crippen LogP contribution < -0.4 is 14.8 Å². The van der Waals surface area contributed by atoms with E-state index < -0.39 is 36.1 Å². The minimum Gasteiger partial charge on any atom is -0.475 e. The fraction of sp³-hybridized carbons (Fsp3) is 0.444. The Morgan fingerprint density at radius 1 is 0.922 bits per heavy atom. The maximum atomic E-state index is 14.6. The number of benzene rings is 2. The Labute approximate surface area is 292 Å². The normalized spacial score (nSPS) is 22.5. The molecule has 11 nitrogen and oxygen atoms in total. The van der Waals surface area contributed by atoms with E-state index in [9.17, 15) is 31.9 Å². The Morgan fingerprint density at radius 3 is 2.43 bits per heavy atom. The van der Waals surface area contributed by atoms with Gasteiger partial charge in [-0.1, -0.05) is 30.3 Å². The number of nitrogens with one attached hydrogen (secondary N) is 1. The van der Waals surface area contributed by atoms with E-state index in [4.69, 9.17) is 9.47 Å². The third-order valence-electron chi connectivity index (χ3n) is 9.30. The smallest absolute Gasteiger partial charge is 0.475 e. The number of nitrogens with zero attached hydrogens (tertiary/aromatic N) is 4. The van der Waals surface area contributed by atoms with Crippen LogP contribution in [0.5, 0.6) is 11.6 Å². The minimum atomic E-state index is -4.81. The molecule has 272 valence electrons. The van der Waals surface area contributed by atoms with Gasteiger partial charge in [-0.2, -0.15) is 0 Å². The molecule has 1 N–H and O–H groups in total. The van der Waals surface area contributed by atoms with Crippen LogP contribution in [0.3, 0.4) is 0 Å². The van der Waals surface area contributed by atoms with Gasteiger partial charge in [-0.25, -0.2) is 9.37 Å². The molecule has 1 aromatic heterocycles. The second-order valence-electron chi connectivity index (χ2n) is 12.9. The molecule has 0 radical (unpaired) electrons. The highest BCUT2D eigenvalue weighted by atomic mass is 19.4. The summed E-state index contributed by atoms with van der Waals surface area (Å²) in [5.41, 5.74) is 0.779. The molecular weight excluding hydrogens is 674 g/mol. The molecule has 15 heteroatoms. The van der Waals surface area contributed by atoms with Gasteiger partial charge in [-0.05, 0) is 61.1 Å². The molecule has 0 unspecified atom stereocenters. The van der Waals surface area contributed by atoms with Gasteiger partial charge in [0, 0.05) is 51.4 Å². The molecule has 0 saturated carbocycles. The highest BCUT2D eigenvalue weighted by Crippen LogP contribution is 2.28. The fourth-order valence-electron chi connectivity index (χ4n) is 6.77. The number of carbonyl (C=O) groups is 3. The van der Waals surface area contributed by atoms with Gasteiger partial charge in [0.1, 0.15) is 23.9 Å². The van der Waals surface area contributed by atoms with Gasteiger partial charge in [0.25, 0.3) is 11.8 Å². The Hall–Kier alpha value is -4.76. The van der Waals surface area contributed by atoms with Gasteiger partial charge in [0.2, 0.25) is 11.8 Å². The topological polar surface area (TPSA) is 114 Å². The number of fused-ring (bicyclic) bond motifs is 10. The average molecular weight is 714 g/mol. The molecule has 4 aliphatic heterocycles. The lowest BCUT2D eigenvalue weighted by atomic mass is 9.95. The maximum Gasteiger partial charge on any atom is 0.573 e. The predicted molar refractivity (Wildman–Crippen MR) is 175 cm³/mol. The van der Waals surface area contributed by atoms with Crippen LogP contribution in [0.2, 0.25) is 0 Å². The zero-order chi connectivity index (χ0) is 36.0. The molecule has 3 amide bonds. The van der Waals surface area contributed by atoms with Crippen LogP contribution in [0.25, 0.3) is 0 Å². The van der Waals surface area contributed by atoms with Crippen LogP contribution in [0, 0.1) is 11.7 Å². The number of ether oxygens (including phenoxy) is 3. The maximum absolute atomic E-state index is 14.6. The van der Waals surface area contributed by atoms with Gasteiger partial charge in [-0.15, -0.1) is 13.2 Å². The summed E-state index contributed by atoms with van der Waals surface area (Å²) >= 11 is 0. The lowest BCUT2D eigenvalue weighted by Crippen LogP contribution is -2.49. The first-order valence-electron chi connectivity index (χ1n) is 16.9. The molecule has 2 atom stereocenters. The van der Waals surface area contributed by atoms with Gasteiger partial charge in [0.05, 0.1) is 24.8 Å². The molecule has 0 aliphatic carbocycles. The highest BCUT2D eigenvalue weighted by Gasteiger charge is 2.41. The number of amides is 3. The van der Waals surface area contributed by atoms with Crippen molar-refractivity contribution in [2.45, 2.75) is 44.3 Å². The highest BCUT2D eigenvalue weighted by molar-refractivity contribution is 5.94. The van der Waals surface area contributed by atoms with Crippen LogP contribution in [-0.2, 0) is 16.1 Å². The first-order chi connectivity index (χ1) is 24.5. The van der Waals surface area contributed by atoms with E-state index in [-0.39, 0.29) is 67.6 Å². The summed E-state index contributed by atoms with van der Waals surface area (Å²) in [6.07, 6.45) is -3.25. The molecule has 0 spiro atoms. The van der Waals surface area contributed by atoms with Crippen molar-refractivity contribution in [1.29, 1.82) is 0 Å². The van der Waals surface area contributed by atoms with E-state index in [1.807, 2.05) is 4.90 Å². The average Bonchev–Trinajstić information content (AvgIpc) is 3.50. The first kappa shape index (κ1) is 36.0. The number of aromatic nitrogens is 1. The minimum absolute atomic E-state index is 0.0218. The van der Waals surface area contributed by atoms with Crippen molar-refractivity contribution in [3.05, 3.63) is 89.4 Å². The molecule has 51 heavy (non-hydrogen) atoms. The van der Waals surface area contributed by atoms with E-state index >= 15 is 0 Å². The van der Waals surface area contributed by atoms with E-state index in [1.54, 1.807) is 34.1 Å². The van der Waals surface area contributed by atoms with Gasteiger partial charge >= 0.3 is 6.36 Å². The van der Waals surface area contributed by atoms with Crippen LogP contribution >= 0.6 is 0 Å². The predicted octanol–water partition coefficient (Wildman–Crippen LogP) is 4.28. The van der Waals surface area contributed by atoms with Crippen molar-refractivity contribution in [2.24, 2.45) is 5.92 Å². The van der Waals surface area contributed by atoms with E-state index in [1.165, 1.54) is 42.5 Å². The first-order valence-corrected chi connectivity index (χ1v) is 16.9. The number of pyridine rings is 1. The molecule has 4 aliphatic rings. The number of carbonyl (C=O) groups excluding carboxylic acids is 3.